The van der Waals surface area contributed by atoms with E-state index in [2.05, 4.69) is 0 Å². The molecule has 0 bridgehead atoms. The molecule has 2 atom stereocenters. The highest BCUT2D eigenvalue weighted by atomic mass is 16.5. The number of benzene rings is 2. The Morgan fingerprint density at radius 1 is 1.08 bits per heavy atom. The van der Waals surface area contributed by atoms with Gasteiger partial charge in [0.05, 0.1) is 20.3 Å². The van der Waals surface area contributed by atoms with Crippen LogP contribution in [0.1, 0.15) is 48.2 Å². The summed E-state index contributed by atoms with van der Waals surface area (Å²) in [6.45, 7) is 3.94. The van der Waals surface area contributed by atoms with Gasteiger partial charge in [0.1, 0.15) is 6.61 Å². The van der Waals surface area contributed by atoms with Gasteiger partial charge >= 0.3 is 5.97 Å². The number of hydrogen-bond acceptors (Lipinski definition) is 6. The lowest BCUT2D eigenvalue weighted by Gasteiger charge is -2.21. The molecule has 0 amide bonds. The van der Waals surface area contributed by atoms with E-state index in [9.17, 15) is 14.7 Å². The molecule has 0 radical (unpaired) electrons. The number of allylic oxidation sites excluding steroid dienone is 6. The fourth-order valence-electron chi connectivity index (χ4n) is 4.12. The zero-order chi connectivity index (χ0) is 26.8. The second kappa shape index (κ2) is 13.4. The SMILES string of the molecule is CC=CC1=CC=CC(=O)c2cc(OC)c(OC)cc2C=C(C(=O)OCc2ccccc2)CC(O)C(C)C1. The van der Waals surface area contributed by atoms with Gasteiger partial charge in [0.15, 0.2) is 17.3 Å². The van der Waals surface area contributed by atoms with Crippen molar-refractivity contribution in [3.63, 3.8) is 0 Å². The number of aliphatic hydroxyl groups excluding tert-OH is 1. The van der Waals surface area contributed by atoms with Gasteiger partial charge in [-0.1, -0.05) is 61.6 Å². The molecule has 2 aromatic rings. The summed E-state index contributed by atoms with van der Waals surface area (Å²) in [6, 6.07) is 12.6. The van der Waals surface area contributed by atoms with E-state index in [1.807, 2.05) is 62.4 Å². The molecule has 0 saturated heterocycles. The summed E-state index contributed by atoms with van der Waals surface area (Å²) in [5.74, 6) is -0.152. The fraction of sp³-hybridized carbons (Fsp3) is 0.290. The van der Waals surface area contributed by atoms with Gasteiger partial charge in [-0.25, -0.2) is 4.79 Å². The minimum absolute atomic E-state index is 0.0628. The highest BCUT2D eigenvalue weighted by molar-refractivity contribution is 6.08. The molecule has 3 rings (SSSR count). The molecule has 194 valence electrons. The van der Waals surface area contributed by atoms with Gasteiger partial charge < -0.3 is 19.3 Å². The lowest BCUT2D eigenvalue weighted by Crippen LogP contribution is -2.22. The van der Waals surface area contributed by atoms with E-state index < -0.39 is 12.1 Å². The van der Waals surface area contributed by atoms with Crippen LogP contribution in [0.2, 0.25) is 0 Å². The van der Waals surface area contributed by atoms with Gasteiger partial charge in [0.25, 0.3) is 0 Å². The summed E-state index contributed by atoms with van der Waals surface area (Å²) in [7, 11) is 3.00. The summed E-state index contributed by atoms with van der Waals surface area (Å²) in [5.41, 5.74) is 2.88. The Labute approximate surface area is 218 Å². The van der Waals surface area contributed by atoms with Gasteiger partial charge in [-0.15, -0.1) is 0 Å². The Morgan fingerprint density at radius 2 is 1.78 bits per heavy atom. The average molecular weight is 503 g/mol. The zero-order valence-corrected chi connectivity index (χ0v) is 21.8. The largest absolute Gasteiger partial charge is 0.493 e. The maximum absolute atomic E-state index is 13.3. The van der Waals surface area contributed by atoms with Crippen LogP contribution in [0.4, 0.5) is 0 Å². The molecule has 0 saturated carbocycles. The van der Waals surface area contributed by atoms with Gasteiger partial charge in [0, 0.05) is 17.6 Å². The number of carbonyl (C=O) groups is 2. The molecule has 0 heterocycles. The predicted octanol–water partition coefficient (Wildman–Crippen LogP) is 5.86. The number of esters is 1. The predicted molar refractivity (Wildman–Crippen MR) is 145 cm³/mol. The number of fused-ring (bicyclic) bond motifs is 1. The number of hydrogen-bond donors (Lipinski definition) is 1. The van der Waals surface area contributed by atoms with E-state index in [1.165, 1.54) is 20.3 Å². The van der Waals surface area contributed by atoms with Gasteiger partial charge in [-0.3, -0.25) is 4.79 Å². The Bertz CT molecular complexity index is 1220. The molecule has 6 nitrogen and oxygen atoms in total. The molecule has 1 N–H and O–H groups in total. The fourth-order valence-corrected chi connectivity index (χ4v) is 4.12. The van der Waals surface area contributed by atoms with Crippen LogP contribution in [0.3, 0.4) is 0 Å². The molecule has 37 heavy (non-hydrogen) atoms. The molecular formula is C31H34O6. The van der Waals surface area contributed by atoms with E-state index >= 15 is 0 Å². The maximum Gasteiger partial charge on any atom is 0.334 e. The monoisotopic (exact) mass is 502 g/mol. The van der Waals surface area contributed by atoms with E-state index in [1.54, 1.807) is 24.3 Å². The lowest BCUT2D eigenvalue weighted by molar-refractivity contribution is -0.140. The quantitative estimate of drug-likeness (QED) is 0.498. The highest BCUT2D eigenvalue weighted by Gasteiger charge is 2.23. The number of aliphatic hydroxyl groups is 1. The van der Waals surface area contributed by atoms with Crippen LogP contribution in [-0.2, 0) is 16.1 Å². The van der Waals surface area contributed by atoms with Crippen molar-refractivity contribution in [2.75, 3.05) is 14.2 Å². The maximum atomic E-state index is 13.3. The first-order valence-corrected chi connectivity index (χ1v) is 12.3. The van der Waals surface area contributed by atoms with Gasteiger partial charge in [-0.05, 0) is 60.2 Å². The number of ketones is 1. The second-order valence-corrected chi connectivity index (χ2v) is 8.94. The van der Waals surface area contributed by atoms with E-state index in [0.717, 1.165) is 11.1 Å². The van der Waals surface area contributed by atoms with E-state index in [0.29, 0.717) is 29.0 Å². The topological polar surface area (TPSA) is 82.1 Å². The standard InChI is InChI=1S/C31H34O6/c1-5-10-22-13-9-14-27(32)26-19-30(36-4)29(35-3)18-24(26)16-25(17-28(33)21(2)15-22)31(34)37-20-23-11-7-6-8-12-23/h5-14,16,18-19,21,28,33H,15,17,20H2,1-4H3. The van der Waals surface area contributed by atoms with Gasteiger partial charge in [0.2, 0.25) is 0 Å². The summed E-state index contributed by atoms with van der Waals surface area (Å²) in [5, 5.41) is 11.1. The molecule has 0 fully saturated rings. The van der Waals surface area contributed by atoms with Crippen LogP contribution < -0.4 is 9.47 Å². The number of ether oxygens (including phenoxy) is 3. The van der Waals surface area contributed by atoms with Crippen LogP contribution in [-0.4, -0.2) is 37.2 Å². The second-order valence-electron chi connectivity index (χ2n) is 8.94. The number of rotatable bonds is 6. The molecule has 2 unspecified atom stereocenters. The van der Waals surface area contributed by atoms with Crippen molar-refractivity contribution >= 4 is 17.8 Å². The van der Waals surface area contributed by atoms with Crippen LogP contribution in [0.25, 0.3) is 6.08 Å². The molecule has 1 aliphatic carbocycles. The highest BCUT2D eigenvalue weighted by Crippen LogP contribution is 2.33. The molecule has 2 aromatic carbocycles. The van der Waals surface area contributed by atoms with Crippen molar-refractivity contribution in [2.24, 2.45) is 5.92 Å². The van der Waals surface area contributed by atoms with Crippen molar-refractivity contribution < 1.29 is 28.9 Å². The third-order valence-electron chi connectivity index (χ3n) is 6.21. The smallest absolute Gasteiger partial charge is 0.334 e. The summed E-state index contributed by atoms with van der Waals surface area (Å²) in [4.78, 5) is 26.5. The third kappa shape index (κ3) is 7.54. The molecule has 1 aliphatic rings. The summed E-state index contributed by atoms with van der Waals surface area (Å²) in [6.07, 6.45) is 10.3. The van der Waals surface area contributed by atoms with Crippen molar-refractivity contribution in [3.05, 3.63) is 101 Å². The van der Waals surface area contributed by atoms with Crippen molar-refractivity contribution in [1.82, 2.24) is 0 Å². The molecule has 6 heteroatoms. The normalized spacial score (nSPS) is 18.6. The lowest BCUT2D eigenvalue weighted by atomic mass is 9.90. The first-order chi connectivity index (χ1) is 17.9. The Kier molecular flexibility index (Phi) is 10.0. The molecule has 0 aromatic heterocycles. The molecule has 0 spiro atoms. The molecule has 0 aliphatic heterocycles. The minimum Gasteiger partial charge on any atom is -0.493 e. The zero-order valence-electron chi connectivity index (χ0n) is 21.8. The molecular weight excluding hydrogens is 468 g/mol. The van der Waals surface area contributed by atoms with Crippen molar-refractivity contribution in [1.29, 1.82) is 0 Å². The van der Waals surface area contributed by atoms with Crippen LogP contribution >= 0.6 is 0 Å². The number of methoxy groups -OCH3 is 2. The van der Waals surface area contributed by atoms with Crippen LogP contribution in [0, 0.1) is 5.92 Å². The van der Waals surface area contributed by atoms with Crippen LogP contribution in [0.15, 0.2) is 84.0 Å². The van der Waals surface area contributed by atoms with Crippen molar-refractivity contribution in [2.45, 2.75) is 39.4 Å². The summed E-state index contributed by atoms with van der Waals surface area (Å²) < 4.78 is 16.5. The van der Waals surface area contributed by atoms with E-state index in [-0.39, 0.29) is 30.3 Å². The van der Waals surface area contributed by atoms with Crippen LogP contribution in [0.5, 0.6) is 11.5 Å². The Hall–Kier alpha value is -3.90. The Morgan fingerprint density at radius 3 is 2.46 bits per heavy atom. The van der Waals surface area contributed by atoms with Gasteiger partial charge in [-0.2, -0.15) is 0 Å². The first kappa shape index (κ1) is 27.7. The average Bonchev–Trinajstić information content (AvgIpc) is 2.91. The first-order valence-electron chi connectivity index (χ1n) is 12.3. The van der Waals surface area contributed by atoms with Crippen molar-refractivity contribution in [3.8, 4) is 11.5 Å². The number of carbonyl (C=O) groups excluding carboxylic acids is 2. The minimum atomic E-state index is -0.812. The Balaban J connectivity index is 2.11. The van der Waals surface area contributed by atoms with E-state index in [4.69, 9.17) is 14.2 Å². The summed E-state index contributed by atoms with van der Waals surface area (Å²) >= 11 is 0. The third-order valence-corrected chi connectivity index (χ3v) is 6.21.